The van der Waals surface area contributed by atoms with Crippen LogP contribution in [0.15, 0.2) is 82.1 Å². The monoisotopic (exact) mass is 463 g/mol. The van der Waals surface area contributed by atoms with Crippen LogP contribution < -0.4 is 0 Å². The van der Waals surface area contributed by atoms with Crippen LogP contribution in [0, 0.1) is 5.82 Å². The number of carbonyl (C=O) groups is 2. The summed E-state index contributed by atoms with van der Waals surface area (Å²) in [7, 11) is 0. The van der Waals surface area contributed by atoms with Gasteiger partial charge in [-0.05, 0) is 64.5 Å². The molecule has 2 heterocycles. The first-order valence-corrected chi connectivity index (χ1v) is 11.0. The highest BCUT2D eigenvalue weighted by molar-refractivity contribution is 8.18. The summed E-state index contributed by atoms with van der Waals surface area (Å²) in [6.45, 7) is 0.199. The molecule has 1 saturated heterocycles. The number of hydrogen-bond donors (Lipinski definition) is 0. The molecule has 4 aromatic rings. The molecule has 0 spiro atoms. The lowest BCUT2D eigenvalue weighted by Gasteiger charge is -2.13. The van der Waals surface area contributed by atoms with E-state index in [1.807, 2.05) is 42.5 Å². The van der Waals surface area contributed by atoms with E-state index in [4.69, 9.17) is 16.0 Å². The van der Waals surface area contributed by atoms with Crippen LogP contribution in [0.4, 0.5) is 9.18 Å². The molecule has 0 saturated carbocycles. The normalized spacial score (nSPS) is 15.3. The lowest BCUT2D eigenvalue weighted by molar-refractivity contribution is -0.123. The molecule has 1 aliphatic heterocycles. The van der Waals surface area contributed by atoms with Gasteiger partial charge in [-0.15, -0.1) is 0 Å². The van der Waals surface area contributed by atoms with E-state index in [9.17, 15) is 14.0 Å². The van der Waals surface area contributed by atoms with Gasteiger partial charge in [0.15, 0.2) is 0 Å². The van der Waals surface area contributed by atoms with Crippen molar-refractivity contribution in [2.24, 2.45) is 0 Å². The van der Waals surface area contributed by atoms with Crippen molar-refractivity contribution in [1.82, 2.24) is 4.90 Å². The van der Waals surface area contributed by atoms with Gasteiger partial charge >= 0.3 is 0 Å². The third-order valence-electron chi connectivity index (χ3n) is 5.13. The Morgan fingerprint density at radius 2 is 1.78 bits per heavy atom. The van der Waals surface area contributed by atoms with E-state index in [0.29, 0.717) is 17.1 Å². The first-order valence-electron chi connectivity index (χ1n) is 9.76. The zero-order valence-electron chi connectivity index (χ0n) is 16.5. The molecule has 32 heavy (non-hydrogen) atoms. The van der Waals surface area contributed by atoms with E-state index in [-0.39, 0.29) is 27.6 Å². The molecule has 158 valence electrons. The molecule has 0 unspecified atom stereocenters. The van der Waals surface area contributed by atoms with Crippen LogP contribution in [-0.2, 0) is 11.3 Å². The number of benzene rings is 3. The number of thioether (sulfide) groups is 1. The fourth-order valence-electron chi connectivity index (χ4n) is 3.52. The van der Waals surface area contributed by atoms with Crippen LogP contribution >= 0.6 is 23.4 Å². The van der Waals surface area contributed by atoms with Crippen LogP contribution in [0.2, 0.25) is 5.02 Å². The minimum Gasteiger partial charge on any atom is -0.457 e. The Kier molecular flexibility index (Phi) is 5.33. The van der Waals surface area contributed by atoms with Gasteiger partial charge in [-0.3, -0.25) is 14.5 Å². The van der Waals surface area contributed by atoms with Crippen molar-refractivity contribution in [2.45, 2.75) is 6.54 Å². The molecule has 1 fully saturated rings. The average Bonchev–Trinajstić information content (AvgIpc) is 3.36. The second-order valence-corrected chi connectivity index (χ2v) is 8.68. The van der Waals surface area contributed by atoms with E-state index in [2.05, 4.69) is 0 Å². The van der Waals surface area contributed by atoms with Crippen molar-refractivity contribution >= 4 is 51.4 Å². The molecule has 7 heteroatoms. The quantitative estimate of drug-likeness (QED) is 0.302. The molecule has 1 aromatic heterocycles. The Labute approximate surface area is 192 Å². The van der Waals surface area contributed by atoms with Crippen LogP contribution in [0.3, 0.4) is 0 Å². The number of nitrogens with zero attached hydrogens (tertiary/aromatic N) is 1. The van der Waals surface area contributed by atoms with Crippen molar-refractivity contribution in [3.8, 4) is 11.3 Å². The Hall–Kier alpha value is -3.35. The van der Waals surface area contributed by atoms with Crippen LogP contribution in [0.25, 0.3) is 28.2 Å². The third kappa shape index (κ3) is 3.95. The highest BCUT2D eigenvalue weighted by atomic mass is 35.5. The second kappa shape index (κ2) is 8.30. The topological polar surface area (TPSA) is 50.5 Å². The predicted octanol–water partition coefficient (Wildman–Crippen LogP) is 7.13. The van der Waals surface area contributed by atoms with Gasteiger partial charge in [0.2, 0.25) is 0 Å². The number of rotatable bonds is 4. The summed E-state index contributed by atoms with van der Waals surface area (Å²) in [5.41, 5.74) is 1.49. The van der Waals surface area contributed by atoms with E-state index in [0.717, 1.165) is 28.1 Å². The smallest absolute Gasteiger partial charge is 0.293 e. The third-order valence-corrected chi connectivity index (χ3v) is 6.33. The number of hydrogen-bond acceptors (Lipinski definition) is 4. The van der Waals surface area contributed by atoms with Crippen LogP contribution in [0.5, 0.6) is 0 Å². The summed E-state index contributed by atoms with van der Waals surface area (Å²) in [6, 6.07) is 21.5. The number of fused-ring (bicyclic) bond motifs is 1. The van der Waals surface area contributed by atoms with Gasteiger partial charge in [-0.2, -0.15) is 0 Å². The van der Waals surface area contributed by atoms with E-state index in [1.165, 1.54) is 17.0 Å². The molecule has 0 radical (unpaired) electrons. The van der Waals surface area contributed by atoms with Gasteiger partial charge in [0.1, 0.15) is 17.3 Å². The Balaban J connectivity index is 1.36. The molecule has 2 amide bonds. The first kappa shape index (κ1) is 20.5. The Bertz CT molecular complexity index is 1410. The molecular weight excluding hydrogens is 449 g/mol. The Morgan fingerprint density at radius 3 is 2.59 bits per heavy atom. The summed E-state index contributed by atoms with van der Waals surface area (Å²) >= 11 is 6.72. The maximum atomic E-state index is 13.4. The molecule has 3 aromatic carbocycles. The van der Waals surface area contributed by atoms with Crippen LogP contribution in [-0.4, -0.2) is 16.0 Å². The molecule has 0 N–H and O–H groups in total. The van der Waals surface area contributed by atoms with Crippen molar-refractivity contribution in [1.29, 1.82) is 0 Å². The summed E-state index contributed by atoms with van der Waals surface area (Å²) < 4.78 is 19.1. The zero-order chi connectivity index (χ0) is 22.2. The van der Waals surface area contributed by atoms with Crippen molar-refractivity contribution in [3.63, 3.8) is 0 Å². The van der Waals surface area contributed by atoms with Gasteiger partial charge < -0.3 is 4.42 Å². The maximum absolute atomic E-state index is 13.4. The second-order valence-electron chi connectivity index (χ2n) is 7.28. The summed E-state index contributed by atoms with van der Waals surface area (Å²) in [6.07, 6.45) is 1.54. The van der Waals surface area contributed by atoms with Gasteiger partial charge in [0.25, 0.3) is 11.1 Å². The molecule has 0 bridgehead atoms. The number of furan rings is 1. The van der Waals surface area contributed by atoms with E-state index < -0.39 is 5.82 Å². The maximum Gasteiger partial charge on any atom is 0.293 e. The lowest BCUT2D eigenvalue weighted by atomic mass is 10.1. The molecule has 0 aliphatic carbocycles. The number of halogens is 2. The fraction of sp³-hybridized carbons (Fsp3) is 0.0400. The van der Waals surface area contributed by atoms with Gasteiger partial charge in [-0.1, -0.05) is 48.0 Å². The van der Waals surface area contributed by atoms with E-state index >= 15 is 0 Å². The molecular formula is C25H15ClFNO3S. The average molecular weight is 464 g/mol. The minimum absolute atomic E-state index is 0.00439. The van der Waals surface area contributed by atoms with Crippen molar-refractivity contribution < 1.29 is 18.4 Å². The fourth-order valence-corrected chi connectivity index (χ4v) is 4.52. The zero-order valence-corrected chi connectivity index (χ0v) is 18.1. The molecule has 0 atom stereocenters. The van der Waals surface area contributed by atoms with Crippen molar-refractivity contribution in [3.05, 3.63) is 99.9 Å². The highest BCUT2D eigenvalue weighted by Crippen LogP contribution is 2.35. The standard InChI is InChI=1S/C25H15ClFNO3S/c26-20-12-18(7-9-21(20)27)22-10-8-19(31-22)13-23-24(29)28(25(30)32-23)14-15-5-6-16-3-1-2-4-17(16)11-15/h1-13H,14H2/b23-13-. The number of carbonyl (C=O) groups excluding carboxylic acids is 2. The SMILES string of the molecule is O=C1S/C(=C\c2ccc(-c3ccc(F)c(Cl)c3)o2)C(=O)N1Cc1ccc2ccccc2c1. The summed E-state index contributed by atoms with van der Waals surface area (Å²) in [5.74, 6) is 0.0171. The summed E-state index contributed by atoms with van der Waals surface area (Å²) in [5, 5.41) is 1.82. The predicted molar refractivity (Wildman–Crippen MR) is 125 cm³/mol. The van der Waals surface area contributed by atoms with Gasteiger partial charge in [0.05, 0.1) is 16.5 Å². The number of imide groups is 1. The lowest BCUT2D eigenvalue weighted by Crippen LogP contribution is -2.27. The highest BCUT2D eigenvalue weighted by Gasteiger charge is 2.35. The Morgan fingerprint density at radius 1 is 0.969 bits per heavy atom. The number of amides is 2. The van der Waals surface area contributed by atoms with E-state index in [1.54, 1.807) is 24.3 Å². The van der Waals surface area contributed by atoms with Gasteiger partial charge in [0, 0.05) is 11.6 Å². The van der Waals surface area contributed by atoms with Crippen LogP contribution in [0.1, 0.15) is 11.3 Å². The summed E-state index contributed by atoms with van der Waals surface area (Å²) in [4.78, 5) is 26.9. The van der Waals surface area contributed by atoms with Crippen molar-refractivity contribution in [2.75, 3.05) is 0 Å². The molecule has 5 rings (SSSR count). The molecule has 4 nitrogen and oxygen atoms in total. The van der Waals surface area contributed by atoms with Gasteiger partial charge in [-0.25, -0.2) is 4.39 Å². The minimum atomic E-state index is -0.512. The first-order chi connectivity index (χ1) is 15.5. The molecule has 1 aliphatic rings. The largest absolute Gasteiger partial charge is 0.457 e.